The number of rotatable bonds is 4. The lowest BCUT2D eigenvalue weighted by molar-refractivity contribution is -0.138. The second-order valence-electron chi connectivity index (χ2n) is 4.45. The van der Waals surface area contributed by atoms with Crippen LogP contribution < -0.4 is 11.1 Å². The molecule has 104 valence electrons. The molecule has 1 rings (SSSR count). The molecule has 1 aromatic rings. The molecule has 1 amide bonds. The molecule has 1 atom stereocenters. The van der Waals surface area contributed by atoms with Gasteiger partial charge < -0.3 is 20.9 Å². The number of nitrogens with one attached hydrogen (secondary N) is 1. The zero-order valence-electron chi connectivity index (χ0n) is 10.9. The monoisotopic (exact) mass is 266 g/mol. The molecule has 19 heavy (non-hydrogen) atoms. The first-order valence-corrected chi connectivity index (χ1v) is 5.94. The van der Waals surface area contributed by atoms with Gasteiger partial charge in [-0.1, -0.05) is 18.2 Å². The van der Waals surface area contributed by atoms with Gasteiger partial charge in [-0.15, -0.1) is 0 Å². The van der Waals surface area contributed by atoms with E-state index in [4.69, 9.17) is 5.73 Å². The van der Waals surface area contributed by atoms with Gasteiger partial charge in [-0.2, -0.15) is 0 Å². The number of nitrogens with two attached hydrogens (primary N) is 1. The molecule has 0 heterocycles. The number of para-hydroxylation sites is 1. The van der Waals surface area contributed by atoms with Crippen molar-refractivity contribution in [2.45, 2.75) is 32.4 Å². The normalized spacial score (nSPS) is 12.0. The van der Waals surface area contributed by atoms with Gasteiger partial charge in [0.2, 0.25) is 0 Å². The minimum absolute atomic E-state index is 0.0531. The predicted molar refractivity (Wildman–Crippen MR) is 69.5 cm³/mol. The van der Waals surface area contributed by atoms with E-state index in [9.17, 15) is 14.7 Å². The molecule has 0 aliphatic carbocycles. The Morgan fingerprint density at radius 2 is 2.00 bits per heavy atom. The van der Waals surface area contributed by atoms with Gasteiger partial charge in [-0.05, 0) is 25.5 Å². The Morgan fingerprint density at radius 1 is 1.37 bits per heavy atom. The van der Waals surface area contributed by atoms with E-state index in [0.29, 0.717) is 5.56 Å². The molecule has 4 N–H and O–H groups in total. The molecule has 0 saturated heterocycles. The zero-order valence-corrected chi connectivity index (χ0v) is 10.9. The number of ether oxygens (including phenoxy) is 1. The highest BCUT2D eigenvalue weighted by molar-refractivity contribution is 5.87. The fraction of sp³-hybridized carbons (Fsp3) is 0.385. The molecule has 1 unspecified atom stereocenters. The molecule has 1 aromatic carbocycles. The maximum Gasteiger partial charge on any atom is 0.415 e. The van der Waals surface area contributed by atoms with Crippen LogP contribution in [0.4, 0.5) is 4.79 Å². The number of benzene rings is 1. The summed E-state index contributed by atoms with van der Waals surface area (Å²) in [7, 11) is 0. The Balaban J connectivity index is 2.54. The number of esters is 1. The number of phenolic OH excluding ortho intramolecular Hbond substituents is 1. The van der Waals surface area contributed by atoms with E-state index in [1.807, 2.05) is 0 Å². The number of alkyl carbamates (subject to hydrolysis) is 1. The van der Waals surface area contributed by atoms with Crippen molar-refractivity contribution in [1.82, 2.24) is 5.32 Å². The van der Waals surface area contributed by atoms with E-state index in [-0.39, 0.29) is 18.2 Å². The fourth-order valence-corrected chi connectivity index (χ4v) is 1.44. The van der Waals surface area contributed by atoms with Crippen LogP contribution in [0.1, 0.15) is 19.4 Å². The standard InChI is InChI=1S/C13H18N2O4/c1-8(2)15-13(18)19-12(17)10(14)7-9-5-3-4-6-11(9)16/h3-6,8,10,16H,7,14H2,1-2H3,(H,15,18). The maximum absolute atomic E-state index is 11.6. The SMILES string of the molecule is CC(C)NC(=O)OC(=O)C(N)Cc1ccccc1O. The third-order valence-corrected chi connectivity index (χ3v) is 2.33. The Hall–Kier alpha value is -2.08. The Morgan fingerprint density at radius 3 is 2.58 bits per heavy atom. The van der Waals surface area contributed by atoms with Crippen LogP contribution in [-0.2, 0) is 16.0 Å². The minimum Gasteiger partial charge on any atom is -0.508 e. The van der Waals surface area contributed by atoms with Crippen molar-refractivity contribution in [1.29, 1.82) is 0 Å². The first-order chi connectivity index (χ1) is 8.90. The lowest BCUT2D eigenvalue weighted by Gasteiger charge is -2.12. The second-order valence-corrected chi connectivity index (χ2v) is 4.45. The molecule has 0 fully saturated rings. The number of aromatic hydroxyl groups is 1. The molecule has 0 aliphatic heterocycles. The molecule has 0 aliphatic rings. The average Bonchev–Trinajstić information content (AvgIpc) is 2.30. The summed E-state index contributed by atoms with van der Waals surface area (Å²) in [5.41, 5.74) is 6.16. The highest BCUT2D eigenvalue weighted by Gasteiger charge is 2.20. The molecular weight excluding hydrogens is 248 g/mol. The Bertz CT molecular complexity index is 460. The van der Waals surface area contributed by atoms with E-state index in [0.717, 1.165) is 0 Å². The minimum atomic E-state index is -1.01. The van der Waals surface area contributed by atoms with Crippen LogP contribution in [-0.4, -0.2) is 29.3 Å². The van der Waals surface area contributed by atoms with Crippen molar-refractivity contribution in [3.63, 3.8) is 0 Å². The van der Waals surface area contributed by atoms with Crippen molar-refractivity contribution in [2.75, 3.05) is 0 Å². The van der Waals surface area contributed by atoms with Crippen LogP contribution >= 0.6 is 0 Å². The van der Waals surface area contributed by atoms with E-state index in [1.165, 1.54) is 6.07 Å². The van der Waals surface area contributed by atoms with E-state index < -0.39 is 18.1 Å². The van der Waals surface area contributed by atoms with Gasteiger partial charge in [0.25, 0.3) is 0 Å². The Labute approximate surface area is 111 Å². The van der Waals surface area contributed by atoms with Crippen molar-refractivity contribution >= 4 is 12.1 Å². The van der Waals surface area contributed by atoms with Crippen LogP contribution in [0.3, 0.4) is 0 Å². The summed E-state index contributed by atoms with van der Waals surface area (Å²) in [5, 5.41) is 12.0. The average molecular weight is 266 g/mol. The van der Waals surface area contributed by atoms with Gasteiger partial charge in [0, 0.05) is 12.5 Å². The lowest BCUT2D eigenvalue weighted by atomic mass is 10.1. The molecule has 6 heteroatoms. The fourth-order valence-electron chi connectivity index (χ4n) is 1.44. The molecule has 0 spiro atoms. The van der Waals surface area contributed by atoms with Crippen molar-refractivity contribution < 1.29 is 19.4 Å². The van der Waals surface area contributed by atoms with Gasteiger partial charge in [0.1, 0.15) is 11.8 Å². The van der Waals surface area contributed by atoms with Crippen LogP contribution in [0.25, 0.3) is 0 Å². The van der Waals surface area contributed by atoms with Crippen LogP contribution in [0.2, 0.25) is 0 Å². The third kappa shape index (κ3) is 4.97. The lowest BCUT2D eigenvalue weighted by Crippen LogP contribution is -2.40. The smallest absolute Gasteiger partial charge is 0.415 e. The zero-order chi connectivity index (χ0) is 14.4. The van der Waals surface area contributed by atoms with E-state index in [1.54, 1.807) is 32.0 Å². The highest BCUT2D eigenvalue weighted by Crippen LogP contribution is 2.17. The van der Waals surface area contributed by atoms with E-state index >= 15 is 0 Å². The molecule has 0 saturated carbocycles. The van der Waals surface area contributed by atoms with Gasteiger partial charge in [-0.25, -0.2) is 9.59 Å². The second kappa shape index (κ2) is 6.75. The quantitative estimate of drug-likeness (QED) is 0.555. The van der Waals surface area contributed by atoms with Gasteiger partial charge in [0.15, 0.2) is 0 Å². The van der Waals surface area contributed by atoms with Crippen molar-refractivity contribution in [2.24, 2.45) is 5.73 Å². The summed E-state index contributed by atoms with van der Waals surface area (Å²) in [5.74, 6) is -0.779. The van der Waals surface area contributed by atoms with Crippen LogP contribution in [0, 0.1) is 0 Å². The van der Waals surface area contributed by atoms with Gasteiger partial charge >= 0.3 is 12.1 Å². The summed E-state index contributed by atoms with van der Waals surface area (Å²) >= 11 is 0. The summed E-state index contributed by atoms with van der Waals surface area (Å²) in [6.07, 6.45) is -0.728. The Kier molecular flexibility index (Phi) is 5.32. The van der Waals surface area contributed by atoms with Crippen LogP contribution in [0.15, 0.2) is 24.3 Å². The van der Waals surface area contributed by atoms with Crippen LogP contribution in [0.5, 0.6) is 5.75 Å². The first kappa shape index (κ1) is 15.0. The molecule has 0 radical (unpaired) electrons. The predicted octanol–water partition coefficient (Wildman–Crippen LogP) is 0.923. The van der Waals surface area contributed by atoms with Gasteiger partial charge in [0.05, 0.1) is 0 Å². The maximum atomic E-state index is 11.6. The number of hydrogen-bond donors (Lipinski definition) is 3. The number of carbonyl (C=O) groups excluding carboxylic acids is 2. The number of amides is 1. The summed E-state index contributed by atoms with van der Waals surface area (Å²) in [4.78, 5) is 22.8. The first-order valence-electron chi connectivity index (χ1n) is 5.94. The summed E-state index contributed by atoms with van der Waals surface area (Å²) < 4.78 is 4.54. The summed E-state index contributed by atoms with van der Waals surface area (Å²) in [6.45, 7) is 3.49. The highest BCUT2D eigenvalue weighted by atomic mass is 16.6. The molecule has 0 bridgehead atoms. The number of carbonyl (C=O) groups is 2. The number of phenols is 1. The van der Waals surface area contributed by atoms with Crippen molar-refractivity contribution in [3.05, 3.63) is 29.8 Å². The number of hydrogen-bond acceptors (Lipinski definition) is 5. The van der Waals surface area contributed by atoms with Gasteiger partial charge in [-0.3, -0.25) is 0 Å². The molecule has 0 aromatic heterocycles. The molecular formula is C13H18N2O4. The largest absolute Gasteiger partial charge is 0.508 e. The topological polar surface area (TPSA) is 102 Å². The molecule has 6 nitrogen and oxygen atoms in total. The summed E-state index contributed by atoms with van der Waals surface area (Å²) in [6, 6.07) is 5.40. The third-order valence-electron chi connectivity index (χ3n) is 2.33. The van der Waals surface area contributed by atoms with E-state index in [2.05, 4.69) is 10.1 Å². The van der Waals surface area contributed by atoms with Crippen molar-refractivity contribution in [3.8, 4) is 5.75 Å².